The number of hydrogen-bond donors (Lipinski definition) is 13. The Labute approximate surface area is 395 Å². The maximum atomic E-state index is 14.6. The second-order valence-corrected chi connectivity index (χ2v) is 21.9. The summed E-state index contributed by atoms with van der Waals surface area (Å²) in [6.45, 7) is 7.46. The molecule has 4 aliphatic heterocycles. The van der Waals surface area contributed by atoms with Crippen LogP contribution < -0.4 is 0 Å². The molecule has 0 radical (unpaired) electrons. The first-order valence-corrected chi connectivity index (χ1v) is 24.5. The molecule has 68 heavy (non-hydrogen) atoms. The summed E-state index contributed by atoms with van der Waals surface area (Å²) in [6.07, 6.45) is -20.8. The number of hydrogen-bond acceptors (Lipinski definition) is 21. The Balaban J connectivity index is 1.01. The van der Waals surface area contributed by atoms with Gasteiger partial charge in [-0.1, -0.05) is 26.8 Å². The summed E-state index contributed by atoms with van der Waals surface area (Å²) in [6, 6.07) is 0. The van der Waals surface area contributed by atoms with Crippen molar-refractivity contribution in [3.8, 4) is 0 Å². The zero-order valence-corrected chi connectivity index (χ0v) is 39.1. The normalized spacial score (nSPS) is 54.0. The van der Waals surface area contributed by atoms with E-state index in [1.807, 2.05) is 6.92 Å². The highest BCUT2D eigenvalue weighted by molar-refractivity contribution is 5.90. The lowest BCUT2D eigenvalue weighted by atomic mass is 9.40. The van der Waals surface area contributed by atoms with Gasteiger partial charge in [0.25, 0.3) is 0 Å². The molecule has 26 atom stereocenters. The van der Waals surface area contributed by atoms with Crippen LogP contribution in [0, 0.1) is 34.0 Å². The lowest BCUT2D eigenvalue weighted by Crippen LogP contribution is -2.65. The summed E-state index contributed by atoms with van der Waals surface area (Å²) in [4.78, 5) is 14.6. The summed E-state index contributed by atoms with van der Waals surface area (Å²) >= 11 is 0. The Morgan fingerprint density at radius 3 is 1.90 bits per heavy atom. The molecular weight excluding hydrogens is 900 g/mol. The van der Waals surface area contributed by atoms with Crippen molar-refractivity contribution in [1.82, 2.24) is 0 Å². The van der Waals surface area contributed by atoms with Gasteiger partial charge in [-0.05, 0) is 86.5 Å². The van der Waals surface area contributed by atoms with Gasteiger partial charge in [0, 0.05) is 11.3 Å². The standard InChI is InChI=1S/C47H76O21/c1-20-12-46-10-6-28-44(3,8-5-9-45(28,4)42(61)41-38(59)37(58)33(54)25(15-50)67-41)29(46)7-11-47(20,19-46)63-18-27-40(68-43-39(60)35(56)30(51)21(2)64-43)22(31(52)23(13-48)66-27)16-62-17-26-34(55)36(57)32(53)24(14-49)65-26/h21-41,43,48-60H,1,5-19H2,2-4H3/t21?,22?,23?,24?,25?,26-,27-,28-,29-,30-,31-,32+,33+,34?,35?,36?,37?,38?,39?,40?,41+,43-,44+,45+,46?,47-/m0/s1. The van der Waals surface area contributed by atoms with E-state index >= 15 is 0 Å². The van der Waals surface area contributed by atoms with Crippen LogP contribution in [-0.4, -0.2) is 234 Å². The van der Waals surface area contributed by atoms with E-state index < -0.39 is 153 Å². The molecule has 8 fully saturated rings. The molecule has 21 nitrogen and oxygen atoms in total. The van der Waals surface area contributed by atoms with Gasteiger partial charge in [0.15, 0.2) is 12.1 Å². The van der Waals surface area contributed by atoms with Crippen molar-refractivity contribution in [3.63, 3.8) is 0 Å². The molecule has 13 unspecified atom stereocenters. The maximum Gasteiger partial charge on any atom is 0.186 e. The van der Waals surface area contributed by atoms with Gasteiger partial charge in [-0.3, -0.25) is 4.79 Å². The van der Waals surface area contributed by atoms with Crippen molar-refractivity contribution in [2.75, 3.05) is 39.6 Å². The average Bonchev–Trinajstić information content (AvgIpc) is 3.52. The first-order valence-electron chi connectivity index (χ1n) is 24.5. The van der Waals surface area contributed by atoms with E-state index in [1.54, 1.807) is 0 Å². The summed E-state index contributed by atoms with van der Waals surface area (Å²) < 4.78 is 42.9. The molecule has 4 heterocycles. The van der Waals surface area contributed by atoms with Crippen LogP contribution in [0.2, 0.25) is 0 Å². The number of ether oxygens (including phenoxy) is 7. The number of carbonyl (C=O) groups is 1. The van der Waals surface area contributed by atoms with Crippen LogP contribution in [0.15, 0.2) is 12.2 Å². The van der Waals surface area contributed by atoms with Gasteiger partial charge in [0.1, 0.15) is 91.6 Å². The number of rotatable bonds is 14. The molecule has 21 heteroatoms. The predicted octanol–water partition coefficient (Wildman–Crippen LogP) is -3.69. The van der Waals surface area contributed by atoms with Crippen molar-refractivity contribution < 1.29 is 104 Å². The zero-order valence-electron chi connectivity index (χ0n) is 39.1. The first-order chi connectivity index (χ1) is 32.1. The molecule has 8 rings (SSSR count). The number of carbonyl (C=O) groups excluding carboxylic acids is 1. The van der Waals surface area contributed by atoms with Crippen molar-refractivity contribution in [2.24, 2.45) is 34.0 Å². The lowest BCUT2D eigenvalue weighted by Gasteiger charge is -2.64. The van der Waals surface area contributed by atoms with Crippen LogP contribution in [0.4, 0.5) is 0 Å². The minimum atomic E-state index is -1.74. The topological polar surface area (TPSA) is 345 Å². The minimum absolute atomic E-state index is 0.100. The Morgan fingerprint density at radius 2 is 1.22 bits per heavy atom. The van der Waals surface area contributed by atoms with Crippen molar-refractivity contribution in [1.29, 1.82) is 0 Å². The molecule has 0 aromatic heterocycles. The van der Waals surface area contributed by atoms with Gasteiger partial charge < -0.3 is 99.5 Å². The van der Waals surface area contributed by atoms with Gasteiger partial charge in [0.05, 0.1) is 63.6 Å². The average molecular weight is 977 g/mol. The first kappa shape index (κ1) is 52.9. The second kappa shape index (κ2) is 20.1. The van der Waals surface area contributed by atoms with Crippen LogP contribution in [0.3, 0.4) is 0 Å². The van der Waals surface area contributed by atoms with Crippen LogP contribution in [0.5, 0.6) is 0 Å². The fourth-order valence-electron chi connectivity index (χ4n) is 14.4. The third-order valence-electron chi connectivity index (χ3n) is 18.2. The molecule has 13 N–H and O–H groups in total. The highest BCUT2D eigenvalue weighted by Gasteiger charge is 2.69. The van der Waals surface area contributed by atoms with Crippen LogP contribution in [0.25, 0.3) is 0 Å². The summed E-state index contributed by atoms with van der Waals surface area (Å²) in [5, 5.41) is 137. The number of Topliss-reactive ketones (excluding diaryl/α,β-unsaturated/α-hetero) is 1. The molecular formula is C47H76O21. The van der Waals surface area contributed by atoms with Crippen LogP contribution in [0.1, 0.15) is 78.6 Å². The molecule has 4 saturated heterocycles. The van der Waals surface area contributed by atoms with Crippen molar-refractivity contribution >= 4 is 5.78 Å². The SMILES string of the molecule is C=C1CC23CC[C@H]4[C@@](C)(CCC[C@@]4(C)C(=O)[C@@H]4OC(CO)[C@@H](O)C(O)C4O)[C@@H]2CC[C@]1(OC[C@@H]1OC(CO)[C@@H](O)C(COC[C@@H]2OC(CO)[C@@H](O)C(O)C2O)C1O[C@@H]1OC(C)[C@H](O)C(O)C1O)C3. The lowest BCUT2D eigenvalue weighted by molar-refractivity contribution is -0.338. The Kier molecular flexibility index (Phi) is 15.7. The number of aliphatic hydroxyl groups is 13. The molecule has 0 aromatic rings. The van der Waals surface area contributed by atoms with Gasteiger partial charge >= 0.3 is 0 Å². The van der Waals surface area contributed by atoms with Gasteiger partial charge in [-0.2, -0.15) is 0 Å². The van der Waals surface area contributed by atoms with E-state index in [0.29, 0.717) is 32.1 Å². The van der Waals surface area contributed by atoms with Gasteiger partial charge in [-0.15, -0.1) is 0 Å². The summed E-state index contributed by atoms with van der Waals surface area (Å²) in [5.74, 6) is -1.34. The fourth-order valence-corrected chi connectivity index (χ4v) is 14.4. The Morgan fingerprint density at radius 1 is 0.632 bits per heavy atom. The molecule has 390 valence electrons. The molecule has 0 aromatic carbocycles. The van der Waals surface area contributed by atoms with E-state index in [2.05, 4.69) is 13.5 Å². The largest absolute Gasteiger partial charge is 0.394 e. The van der Waals surface area contributed by atoms with Gasteiger partial charge in [-0.25, -0.2) is 0 Å². The third-order valence-corrected chi connectivity index (χ3v) is 18.2. The summed E-state index contributed by atoms with van der Waals surface area (Å²) in [7, 11) is 0. The van der Waals surface area contributed by atoms with Crippen LogP contribution in [-0.2, 0) is 38.0 Å². The number of ketones is 1. The Bertz CT molecular complexity index is 1770. The summed E-state index contributed by atoms with van der Waals surface area (Å²) in [5.41, 5.74) is -1.43. The van der Waals surface area contributed by atoms with Gasteiger partial charge in [0.2, 0.25) is 0 Å². The maximum absolute atomic E-state index is 14.6. The zero-order chi connectivity index (χ0) is 49.4. The second-order valence-electron chi connectivity index (χ2n) is 21.9. The van der Waals surface area contributed by atoms with E-state index in [4.69, 9.17) is 33.2 Å². The van der Waals surface area contributed by atoms with E-state index in [-0.39, 0.29) is 48.3 Å². The Hall–Kier alpha value is -1.39. The minimum Gasteiger partial charge on any atom is -0.394 e. The smallest absolute Gasteiger partial charge is 0.186 e. The van der Waals surface area contributed by atoms with E-state index in [0.717, 1.165) is 31.3 Å². The van der Waals surface area contributed by atoms with Crippen molar-refractivity contribution in [3.05, 3.63) is 12.2 Å². The number of fused-ring (bicyclic) bond motifs is 3. The highest BCUT2D eigenvalue weighted by atomic mass is 16.7. The molecule has 0 amide bonds. The fraction of sp³-hybridized carbons (Fsp3) is 0.936. The van der Waals surface area contributed by atoms with Crippen LogP contribution >= 0.6 is 0 Å². The van der Waals surface area contributed by atoms with E-state index in [9.17, 15) is 71.2 Å². The van der Waals surface area contributed by atoms with Crippen molar-refractivity contribution in [2.45, 2.75) is 200 Å². The molecule has 4 aliphatic carbocycles. The molecule has 1 spiro atoms. The molecule has 2 bridgehead atoms. The predicted molar refractivity (Wildman–Crippen MR) is 231 cm³/mol. The number of aliphatic hydroxyl groups excluding tert-OH is 13. The third kappa shape index (κ3) is 8.88. The monoisotopic (exact) mass is 976 g/mol. The quantitative estimate of drug-likeness (QED) is 0.0746. The molecule has 8 aliphatic rings. The highest BCUT2D eigenvalue weighted by Crippen LogP contribution is 2.73. The van der Waals surface area contributed by atoms with E-state index in [1.165, 1.54) is 6.92 Å². The molecule has 4 saturated carbocycles.